The molecular formula is C19H13ClF3N5O2S. The second-order valence-corrected chi connectivity index (χ2v) is 8.50. The lowest BCUT2D eigenvalue weighted by Crippen LogP contribution is -2.17. The monoisotopic (exact) mass is 467 g/mol. The van der Waals surface area contributed by atoms with Crippen molar-refractivity contribution >= 4 is 33.1 Å². The molecule has 0 fully saturated rings. The Bertz CT molecular complexity index is 1390. The molecule has 2 heterocycles. The third-order valence-corrected chi connectivity index (χ3v) is 5.73. The molecule has 0 bridgehead atoms. The van der Waals surface area contributed by atoms with Gasteiger partial charge in [0.15, 0.2) is 5.69 Å². The van der Waals surface area contributed by atoms with Gasteiger partial charge in [-0.25, -0.2) is 4.98 Å². The number of benzene rings is 2. The zero-order valence-electron chi connectivity index (χ0n) is 15.7. The lowest BCUT2D eigenvalue weighted by molar-refractivity contribution is -0.142. The summed E-state index contributed by atoms with van der Waals surface area (Å²) >= 11 is 6.22. The van der Waals surface area contributed by atoms with Crippen LogP contribution >= 0.6 is 11.6 Å². The number of aryl methyl sites for hydroxylation is 1. The molecule has 0 aliphatic rings. The highest BCUT2D eigenvalue weighted by atomic mass is 35.5. The molecule has 0 spiro atoms. The number of hydrogen-bond acceptors (Lipinski definition) is 5. The van der Waals surface area contributed by atoms with E-state index in [4.69, 9.17) is 11.6 Å². The number of hydrogen-bond donors (Lipinski definition) is 1. The molecule has 2 aromatic heterocycles. The van der Waals surface area contributed by atoms with Crippen molar-refractivity contribution in [2.45, 2.75) is 18.3 Å². The maximum absolute atomic E-state index is 13.3. The van der Waals surface area contributed by atoms with Crippen molar-refractivity contribution in [3.63, 3.8) is 0 Å². The summed E-state index contributed by atoms with van der Waals surface area (Å²) in [7, 11) is -4.49. The first-order valence-electron chi connectivity index (χ1n) is 8.74. The Balaban J connectivity index is 1.82. The molecular weight excluding hydrogens is 455 g/mol. The van der Waals surface area contributed by atoms with Crippen LogP contribution < -0.4 is 4.72 Å². The zero-order valence-corrected chi connectivity index (χ0v) is 17.3. The molecule has 160 valence electrons. The van der Waals surface area contributed by atoms with E-state index in [2.05, 4.69) is 19.8 Å². The molecule has 0 saturated heterocycles. The summed E-state index contributed by atoms with van der Waals surface area (Å²) in [5.41, 5.74) is 0.0374. The molecule has 2 aromatic carbocycles. The molecule has 1 N–H and O–H groups in total. The maximum atomic E-state index is 13.3. The summed E-state index contributed by atoms with van der Waals surface area (Å²) in [6, 6.07) is 14.4. The number of aromatic nitrogens is 4. The highest BCUT2D eigenvalue weighted by Gasteiger charge is 2.36. The van der Waals surface area contributed by atoms with Crippen LogP contribution in [0.15, 0.2) is 59.8 Å². The predicted octanol–water partition coefficient (Wildman–Crippen LogP) is 4.57. The van der Waals surface area contributed by atoms with E-state index in [-0.39, 0.29) is 16.4 Å². The first-order chi connectivity index (χ1) is 14.6. The van der Waals surface area contributed by atoms with Gasteiger partial charge in [-0.1, -0.05) is 54.1 Å². The minimum Gasteiger partial charge on any atom is -0.275 e. The summed E-state index contributed by atoms with van der Waals surface area (Å²) < 4.78 is 68.6. The van der Waals surface area contributed by atoms with E-state index in [0.29, 0.717) is 15.6 Å². The van der Waals surface area contributed by atoms with E-state index in [1.807, 2.05) is 0 Å². The van der Waals surface area contributed by atoms with Gasteiger partial charge in [-0.2, -0.15) is 31.1 Å². The molecule has 0 aliphatic heterocycles. The van der Waals surface area contributed by atoms with Crippen LogP contribution in [0.5, 0.6) is 0 Å². The number of rotatable bonds is 4. The Hall–Kier alpha value is -3.18. The number of alkyl halides is 3. The van der Waals surface area contributed by atoms with Gasteiger partial charge in [0.2, 0.25) is 0 Å². The topological polar surface area (TPSA) is 89.3 Å². The van der Waals surface area contributed by atoms with Crippen LogP contribution in [-0.2, 0) is 16.2 Å². The van der Waals surface area contributed by atoms with Crippen LogP contribution in [0, 0.1) is 6.92 Å². The molecule has 0 saturated carbocycles. The number of para-hydroxylation sites is 1. The van der Waals surface area contributed by atoms with Crippen LogP contribution in [0.2, 0.25) is 5.02 Å². The molecule has 0 aliphatic carbocycles. The molecule has 4 rings (SSSR count). The van der Waals surface area contributed by atoms with E-state index in [0.717, 1.165) is 6.07 Å². The van der Waals surface area contributed by atoms with Crippen LogP contribution in [-0.4, -0.2) is 28.0 Å². The van der Waals surface area contributed by atoms with E-state index >= 15 is 0 Å². The van der Waals surface area contributed by atoms with Gasteiger partial charge in [0.05, 0.1) is 10.7 Å². The fourth-order valence-electron chi connectivity index (χ4n) is 2.95. The first-order valence-corrected chi connectivity index (χ1v) is 10.6. The average molecular weight is 468 g/mol. The summed E-state index contributed by atoms with van der Waals surface area (Å²) in [4.78, 5) is 7.54. The van der Waals surface area contributed by atoms with Crippen molar-refractivity contribution < 1.29 is 21.6 Å². The van der Waals surface area contributed by atoms with Gasteiger partial charge >= 0.3 is 6.18 Å². The number of sulfonamides is 1. The normalized spacial score (nSPS) is 12.3. The Morgan fingerprint density at radius 2 is 1.74 bits per heavy atom. The van der Waals surface area contributed by atoms with Gasteiger partial charge in [0, 0.05) is 11.3 Å². The second kappa shape index (κ2) is 7.50. The summed E-state index contributed by atoms with van der Waals surface area (Å²) in [6.07, 6.45) is -4.78. The Morgan fingerprint density at radius 3 is 2.42 bits per heavy atom. The van der Waals surface area contributed by atoms with Crippen molar-refractivity contribution in [2.75, 3.05) is 4.72 Å². The molecule has 4 aromatic rings. The lowest BCUT2D eigenvalue weighted by atomic mass is 10.0. The molecule has 31 heavy (non-hydrogen) atoms. The Morgan fingerprint density at radius 1 is 1.03 bits per heavy atom. The number of nitrogens with zero attached hydrogens (tertiary/aromatic N) is 4. The van der Waals surface area contributed by atoms with Crippen LogP contribution in [0.3, 0.4) is 0 Å². The summed E-state index contributed by atoms with van der Waals surface area (Å²) in [6.45, 7) is 1.34. The van der Waals surface area contributed by atoms with E-state index in [1.165, 1.54) is 13.0 Å². The SMILES string of the molecule is Cc1cc(C(F)(F)F)n2nc(S(=O)(=O)Nc3c(Cl)cccc3-c3ccccc3)nc2n1. The highest BCUT2D eigenvalue weighted by Crippen LogP contribution is 2.35. The third-order valence-electron chi connectivity index (χ3n) is 4.29. The smallest absolute Gasteiger partial charge is 0.275 e. The second-order valence-electron chi connectivity index (χ2n) is 6.52. The van der Waals surface area contributed by atoms with Gasteiger partial charge in [0.1, 0.15) is 0 Å². The highest BCUT2D eigenvalue weighted by molar-refractivity contribution is 7.92. The van der Waals surface area contributed by atoms with Crippen molar-refractivity contribution in [3.05, 3.63) is 71.0 Å². The zero-order chi connectivity index (χ0) is 22.4. The molecule has 12 heteroatoms. The molecule has 0 amide bonds. The largest absolute Gasteiger partial charge is 0.433 e. The van der Waals surface area contributed by atoms with Gasteiger partial charge in [0.25, 0.3) is 21.0 Å². The molecule has 0 atom stereocenters. The number of anilines is 1. The number of nitrogens with one attached hydrogen (secondary N) is 1. The van der Waals surface area contributed by atoms with Gasteiger partial charge in [-0.15, -0.1) is 5.10 Å². The van der Waals surface area contributed by atoms with Crippen molar-refractivity contribution in [3.8, 4) is 11.1 Å². The number of fused-ring (bicyclic) bond motifs is 1. The van der Waals surface area contributed by atoms with Gasteiger partial charge in [-0.05, 0) is 24.6 Å². The Labute approximate surface area is 179 Å². The summed E-state index contributed by atoms with van der Waals surface area (Å²) in [5, 5.41) is 2.78. The third kappa shape index (κ3) is 4.06. The van der Waals surface area contributed by atoms with Crippen LogP contribution in [0.25, 0.3) is 16.9 Å². The Kier molecular flexibility index (Phi) is 5.10. The number of halogens is 4. The standard InChI is InChI=1S/C19H13ClF3N5O2S/c1-11-10-15(19(21,22)23)28-17(24-11)25-18(26-28)31(29,30)27-16-13(8-5-9-14(16)20)12-6-3-2-4-7-12/h2-10,27H,1H3. The van der Waals surface area contributed by atoms with Gasteiger partial charge < -0.3 is 0 Å². The quantitative estimate of drug-likeness (QED) is 0.475. The van der Waals surface area contributed by atoms with Crippen molar-refractivity contribution in [1.82, 2.24) is 19.6 Å². The van der Waals surface area contributed by atoms with Crippen molar-refractivity contribution in [1.29, 1.82) is 0 Å². The average Bonchev–Trinajstić information content (AvgIpc) is 3.13. The van der Waals surface area contributed by atoms with Gasteiger partial charge in [-0.3, -0.25) is 4.72 Å². The molecule has 0 unspecified atom stereocenters. The minimum atomic E-state index is -4.78. The first kappa shape index (κ1) is 21.1. The predicted molar refractivity (Wildman–Crippen MR) is 108 cm³/mol. The molecule has 7 nitrogen and oxygen atoms in total. The minimum absolute atomic E-state index is 0.0154. The fraction of sp³-hybridized carbons (Fsp3) is 0.105. The van der Waals surface area contributed by atoms with E-state index in [9.17, 15) is 21.6 Å². The van der Waals surface area contributed by atoms with Crippen LogP contribution in [0.4, 0.5) is 18.9 Å². The van der Waals surface area contributed by atoms with Crippen LogP contribution in [0.1, 0.15) is 11.4 Å². The van der Waals surface area contributed by atoms with E-state index in [1.54, 1.807) is 42.5 Å². The van der Waals surface area contributed by atoms with Crippen molar-refractivity contribution in [2.24, 2.45) is 0 Å². The fourth-order valence-corrected chi connectivity index (χ4v) is 4.20. The van der Waals surface area contributed by atoms with E-state index < -0.39 is 32.8 Å². The summed E-state index contributed by atoms with van der Waals surface area (Å²) in [5.74, 6) is -0.491. The maximum Gasteiger partial charge on any atom is 0.433 e. The molecule has 0 radical (unpaired) electrons. The lowest BCUT2D eigenvalue weighted by Gasteiger charge is -2.13.